The molecule has 4 rings (SSSR count). The van der Waals surface area contributed by atoms with E-state index < -0.39 is 0 Å². The van der Waals surface area contributed by atoms with Crippen LogP contribution in [0, 0.1) is 0 Å². The number of para-hydroxylation sites is 1. The average molecular weight is 304 g/mol. The van der Waals surface area contributed by atoms with Gasteiger partial charge in [0, 0.05) is 30.1 Å². The average Bonchev–Trinajstić information content (AvgIpc) is 3.03. The van der Waals surface area contributed by atoms with Gasteiger partial charge < -0.3 is 4.90 Å². The second-order valence-corrected chi connectivity index (χ2v) is 5.66. The molecule has 5 heteroatoms. The van der Waals surface area contributed by atoms with Crippen molar-refractivity contribution >= 4 is 16.8 Å². The summed E-state index contributed by atoms with van der Waals surface area (Å²) in [6.45, 7) is 3.10. The summed E-state index contributed by atoms with van der Waals surface area (Å²) in [4.78, 5) is 27.8. The smallest absolute Gasteiger partial charge is 0.273 e. The number of aryl methyl sites for hydroxylation is 1. The molecule has 0 bridgehead atoms. The lowest BCUT2D eigenvalue weighted by Crippen LogP contribution is -2.26. The predicted molar refractivity (Wildman–Crippen MR) is 86.7 cm³/mol. The second kappa shape index (κ2) is 5.43. The zero-order valence-electron chi connectivity index (χ0n) is 12.9. The number of pyridine rings is 1. The molecule has 0 fully saturated rings. The summed E-state index contributed by atoms with van der Waals surface area (Å²) in [7, 11) is 0. The van der Waals surface area contributed by atoms with Gasteiger partial charge in [-0.15, -0.1) is 0 Å². The first-order valence-corrected chi connectivity index (χ1v) is 7.73. The number of aromatic nitrogens is 3. The van der Waals surface area contributed by atoms with Crippen molar-refractivity contribution in [1.29, 1.82) is 0 Å². The molecule has 1 aliphatic heterocycles. The number of hydrogen-bond acceptors (Lipinski definition) is 4. The van der Waals surface area contributed by atoms with Gasteiger partial charge in [-0.05, 0) is 12.1 Å². The lowest BCUT2D eigenvalue weighted by Gasteiger charge is -2.14. The Morgan fingerprint density at radius 2 is 2.00 bits per heavy atom. The van der Waals surface area contributed by atoms with Crippen LogP contribution in [0.5, 0.6) is 0 Å². The molecule has 5 nitrogen and oxygen atoms in total. The zero-order chi connectivity index (χ0) is 15.8. The first-order chi connectivity index (χ1) is 11.2. The van der Waals surface area contributed by atoms with Crippen LogP contribution in [0.25, 0.3) is 10.9 Å². The summed E-state index contributed by atoms with van der Waals surface area (Å²) in [6, 6.07) is 11.5. The Bertz CT molecular complexity index is 906. The Hall–Kier alpha value is -2.82. The lowest BCUT2D eigenvalue weighted by atomic mass is 10.2. The number of carbonyl (C=O) groups excluding carboxylic acids is 1. The first kappa shape index (κ1) is 13.8. The van der Waals surface area contributed by atoms with Crippen molar-refractivity contribution in [2.75, 3.05) is 0 Å². The summed E-state index contributed by atoms with van der Waals surface area (Å²) in [5.41, 5.74) is 3.28. The minimum atomic E-state index is -0.0631. The van der Waals surface area contributed by atoms with Gasteiger partial charge >= 0.3 is 0 Å². The van der Waals surface area contributed by atoms with Gasteiger partial charge in [-0.1, -0.05) is 31.2 Å². The number of carbonyl (C=O) groups is 1. The molecule has 114 valence electrons. The van der Waals surface area contributed by atoms with E-state index in [4.69, 9.17) is 0 Å². The minimum absolute atomic E-state index is 0.0631. The number of benzene rings is 1. The third-order valence-corrected chi connectivity index (χ3v) is 4.13. The summed E-state index contributed by atoms with van der Waals surface area (Å²) in [6.07, 6.45) is 2.63. The number of rotatable bonds is 2. The Morgan fingerprint density at radius 3 is 2.87 bits per heavy atom. The van der Waals surface area contributed by atoms with Gasteiger partial charge in [0.15, 0.2) is 0 Å². The van der Waals surface area contributed by atoms with E-state index in [0.29, 0.717) is 18.8 Å². The third kappa shape index (κ3) is 2.44. The van der Waals surface area contributed by atoms with Gasteiger partial charge in [-0.2, -0.15) is 0 Å². The van der Waals surface area contributed by atoms with E-state index in [1.54, 1.807) is 11.0 Å². The molecular formula is C18H16N4O. The molecule has 0 radical (unpaired) electrons. The molecule has 0 saturated heterocycles. The van der Waals surface area contributed by atoms with Crippen molar-refractivity contribution in [3.8, 4) is 0 Å². The maximum Gasteiger partial charge on any atom is 0.273 e. The van der Waals surface area contributed by atoms with Crippen LogP contribution in [0.4, 0.5) is 0 Å². The van der Waals surface area contributed by atoms with Crippen LogP contribution in [0.15, 0.2) is 42.6 Å². The standard InChI is InChI=1S/C18H16N4O/c1-2-17-19-9-13-10-22(11-16(13)21-17)18(23)15-8-7-12-5-3-4-6-14(12)20-15/h3-9H,2,10-11H2,1H3. The normalized spacial score (nSPS) is 13.3. The van der Waals surface area contributed by atoms with Crippen LogP contribution in [0.1, 0.15) is 34.5 Å². The zero-order valence-corrected chi connectivity index (χ0v) is 12.9. The summed E-state index contributed by atoms with van der Waals surface area (Å²) in [5.74, 6) is 0.758. The molecule has 0 unspecified atom stereocenters. The number of fused-ring (bicyclic) bond motifs is 2. The molecular weight excluding hydrogens is 288 g/mol. The molecule has 23 heavy (non-hydrogen) atoms. The van der Waals surface area contributed by atoms with Crippen molar-refractivity contribution in [2.24, 2.45) is 0 Å². The van der Waals surface area contributed by atoms with Crippen molar-refractivity contribution in [3.05, 3.63) is 65.4 Å². The van der Waals surface area contributed by atoms with Crippen LogP contribution < -0.4 is 0 Å². The van der Waals surface area contributed by atoms with Gasteiger partial charge in [0.25, 0.3) is 5.91 Å². The van der Waals surface area contributed by atoms with Gasteiger partial charge in [-0.3, -0.25) is 4.79 Å². The monoisotopic (exact) mass is 304 g/mol. The predicted octanol–water partition coefficient (Wildman–Crippen LogP) is 2.74. The fourth-order valence-electron chi connectivity index (χ4n) is 2.86. The Labute approximate surface area is 134 Å². The van der Waals surface area contributed by atoms with Crippen molar-refractivity contribution in [2.45, 2.75) is 26.4 Å². The third-order valence-electron chi connectivity index (χ3n) is 4.13. The lowest BCUT2D eigenvalue weighted by molar-refractivity contribution is 0.0745. The van der Waals surface area contributed by atoms with Gasteiger partial charge in [0.2, 0.25) is 0 Å². The van der Waals surface area contributed by atoms with Crippen LogP contribution in [0.2, 0.25) is 0 Å². The molecule has 1 amide bonds. The molecule has 0 N–H and O–H groups in total. The van der Waals surface area contributed by atoms with Gasteiger partial charge in [-0.25, -0.2) is 15.0 Å². The number of nitrogens with zero attached hydrogens (tertiary/aromatic N) is 4. The molecule has 1 aliphatic rings. The maximum atomic E-state index is 12.7. The quantitative estimate of drug-likeness (QED) is 0.730. The second-order valence-electron chi connectivity index (χ2n) is 5.66. The highest BCUT2D eigenvalue weighted by Gasteiger charge is 2.26. The Kier molecular flexibility index (Phi) is 3.26. The van der Waals surface area contributed by atoms with E-state index in [-0.39, 0.29) is 5.91 Å². The SMILES string of the molecule is CCc1ncc2c(n1)CN(C(=O)c1ccc3ccccc3n1)C2. The van der Waals surface area contributed by atoms with E-state index in [0.717, 1.165) is 34.4 Å². The Balaban J connectivity index is 1.62. The van der Waals surface area contributed by atoms with Crippen LogP contribution in [0.3, 0.4) is 0 Å². The molecule has 3 aromatic rings. The molecule has 0 saturated carbocycles. The van der Waals surface area contributed by atoms with Crippen molar-refractivity contribution < 1.29 is 4.79 Å². The van der Waals surface area contributed by atoms with Gasteiger partial charge in [0.05, 0.1) is 17.8 Å². The van der Waals surface area contributed by atoms with E-state index in [2.05, 4.69) is 15.0 Å². The largest absolute Gasteiger partial charge is 0.327 e. The van der Waals surface area contributed by atoms with E-state index in [1.165, 1.54) is 0 Å². The summed E-state index contributed by atoms with van der Waals surface area (Å²) < 4.78 is 0. The molecule has 0 atom stereocenters. The molecule has 0 aliphatic carbocycles. The summed E-state index contributed by atoms with van der Waals surface area (Å²) >= 11 is 0. The van der Waals surface area contributed by atoms with Crippen LogP contribution in [-0.2, 0) is 19.5 Å². The van der Waals surface area contributed by atoms with E-state index in [9.17, 15) is 4.79 Å². The highest BCUT2D eigenvalue weighted by atomic mass is 16.2. The van der Waals surface area contributed by atoms with E-state index >= 15 is 0 Å². The number of hydrogen-bond donors (Lipinski definition) is 0. The molecule has 0 spiro atoms. The highest BCUT2D eigenvalue weighted by Crippen LogP contribution is 2.22. The fraction of sp³-hybridized carbons (Fsp3) is 0.222. The van der Waals surface area contributed by atoms with E-state index in [1.807, 2.05) is 43.5 Å². The van der Waals surface area contributed by atoms with Crippen molar-refractivity contribution in [3.63, 3.8) is 0 Å². The number of amides is 1. The first-order valence-electron chi connectivity index (χ1n) is 7.73. The topological polar surface area (TPSA) is 59.0 Å². The fourth-order valence-corrected chi connectivity index (χ4v) is 2.86. The Morgan fingerprint density at radius 1 is 1.13 bits per heavy atom. The minimum Gasteiger partial charge on any atom is -0.327 e. The molecule has 1 aromatic carbocycles. The van der Waals surface area contributed by atoms with Crippen molar-refractivity contribution in [1.82, 2.24) is 19.9 Å². The van der Waals surface area contributed by atoms with Crippen LogP contribution in [-0.4, -0.2) is 25.8 Å². The molecule has 3 heterocycles. The summed E-state index contributed by atoms with van der Waals surface area (Å²) in [5, 5.41) is 1.03. The van der Waals surface area contributed by atoms with Gasteiger partial charge in [0.1, 0.15) is 11.5 Å². The highest BCUT2D eigenvalue weighted by molar-refractivity contribution is 5.95. The maximum absolute atomic E-state index is 12.7. The van der Waals surface area contributed by atoms with Crippen LogP contribution >= 0.6 is 0 Å². The molecule has 2 aromatic heterocycles.